The van der Waals surface area contributed by atoms with Gasteiger partial charge >= 0.3 is 5.97 Å². The topological polar surface area (TPSA) is 163 Å². The van der Waals surface area contributed by atoms with E-state index in [2.05, 4.69) is 51.3 Å². The van der Waals surface area contributed by atoms with Gasteiger partial charge < -0.3 is 31.2 Å². The number of anilines is 1. The quantitative estimate of drug-likeness (QED) is 0.0618. The van der Waals surface area contributed by atoms with Gasteiger partial charge in [0.15, 0.2) is 0 Å². The van der Waals surface area contributed by atoms with Crippen LogP contribution in [0.25, 0.3) is 22.3 Å². The highest BCUT2D eigenvalue weighted by Gasteiger charge is 2.31. The second kappa shape index (κ2) is 18.7. The van der Waals surface area contributed by atoms with Gasteiger partial charge in [0.2, 0.25) is 5.91 Å². The molecule has 3 heterocycles. The maximum atomic E-state index is 12.0. The molecule has 4 aromatic carbocycles. The van der Waals surface area contributed by atoms with Crippen molar-refractivity contribution in [2.45, 2.75) is 64.0 Å². The highest BCUT2D eigenvalue weighted by Crippen LogP contribution is 2.39. The fourth-order valence-electron chi connectivity index (χ4n) is 7.62. The maximum Gasteiger partial charge on any atom is 0.320 e. The Balaban J connectivity index is 1.10. The minimum Gasteiger partial charge on any atom is -0.489 e. The van der Waals surface area contributed by atoms with E-state index in [1.54, 1.807) is 12.3 Å². The molecule has 2 aliphatic rings. The summed E-state index contributed by atoms with van der Waals surface area (Å²) in [5, 5.41) is 38.6. The molecule has 2 unspecified atom stereocenters. The van der Waals surface area contributed by atoms with E-state index >= 15 is 0 Å². The van der Waals surface area contributed by atoms with Gasteiger partial charge in [0.05, 0.1) is 10.6 Å². The van der Waals surface area contributed by atoms with Gasteiger partial charge in [0.1, 0.15) is 24.5 Å². The van der Waals surface area contributed by atoms with Crippen molar-refractivity contribution in [2.75, 3.05) is 18.4 Å². The lowest BCUT2D eigenvalue weighted by Gasteiger charge is -2.23. The molecule has 0 radical (unpaired) electrons. The van der Waals surface area contributed by atoms with Crippen LogP contribution in [0.2, 0.25) is 10.0 Å². The second-order valence-corrected chi connectivity index (χ2v) is 15.3. The van der Waals surface area contributed by atoms with E-state index in [-0.39, 0.29) is 18.6 Å². The van der Waals surface area contributed by atoms with Crippen LogP contribution < -0.4 is 20.7 Å². The molecule has 1 aromatic heterocycles. The van der Waals surface area contributed by atoms with Gasteiger partial charge in [-0.2, -0.15) is 5.26 Å². The van der Waals surface area contributed by atoms with Crippen molar-refractivity contribution in [3.8, 4) is 34.1 Å². The predicted octanol–water partition coefficient (Wildman–Crippen LogP) is 8.20. The van der Waals surface area contributed by atoms with Gasteiger partial charge in [-0.25, -0.2) is 0 Å². The Kier molecular flexibility index (Phi) is 13.0. The molecule has 11 nitrogen and oxygen atoms in total. The van der Waals surface area contributed by atoms with Gasteiger partial charge in [-0.15, -0.1) is 0 Å². The normalized spacial score (nSPS) is 16.5. The van der Waals surface area contributed by atoms with Crippen LogP contribution in [0.4, 0.5) is 5.69 Å². The van der Waals surface area contributed by atoms with Crippen LogP contribution in [0.1, 0.15) is 59.1 Å². The molecule has 2 saturated heterocycles. The molecule has 296 valence electrons. The zero-order chi connectivity index (χ0) is 40.6. The Morgan fingerprint density at radius 2 is 1.79 bits per heavy atom. The number of nitriles is 1. The smallest absolute Gasteiger partial charge is 0.320 e. The molecule has 0 aliphatic carbocycles. The molecular formula is C45H43Cl2N7O4. The number of amides is 1. The summed E-state index contributed by atoms with van der Waals surface area (Å²) in [6.07, 6.45) is 7.26. The number of hydrogen-bond donors (Lipinski definition) is 5. The van der Waals surface area contributed by atoms with E-state index in [1.165, 1.54) is 12.4 Å². The number of halogens is 2. The number of hydrogen-bond acceptors (Lipinski definition) is 9. The Labute approximate surface area is 347 Å². The van der Waals surface area contributed by atoms with Crippen LogP contribution in [0.5, 0.6) is 5.75 Å². The van der Waals surface area contributed by atoms with E-state index in [0.29, 0.717) is 71.6 Å². The summed E-state index contributed by atoms with van der Waals surface area (Å²) in [4.78, 5) is 29.5. The zero-order valence-electron chi connectivity index (χ0n) is 31.7. The van der Waals surface area contributed by atoms with Crippen molar-refractivity contribution < 1.29 is 19.4 Å². The van der Waals surface area contributed by atoms with Gasteiger partial charge in [0.25, 0.3) is 0 Å². The summed E-state index contributed by atoms with van der Waals surface area (Å²) >= 11 is 14.1. The van der Waals surface area contributed by atoms with Crippen molar-refractivity contribution in [1.82, 2.24) is 20.5 Å². The minimum atomic E-state index is -0.852. The lowest BCUT2D eigenvalue weighted by Crippen LogP contribution is -2.35. The van der Waals surface area contributed by atoms with Crippen LogP contribution in [-0.4, -0.2) is 58.3 Å². The fourth-order valence-corrected chi connectivity index (χ4v) is 8.21. The number of carboxylic acids is 1. The first-order valence-corrected chi connectivity index (χ1v) is 20.0. The third-order valence-electron chi connectivity index (χ3n) is 10.6. The summed E-state index contributed by atoms with van der Waals surface area (Å²) < 4.78 is 6.33. The Bertz CT molecular complexity index is 2370. The first-order chi connectivity index (χ1) is 28.2. The third-order valence-corrected chi connectivity index (χ3v) is 11.4. The number of carbonyl (C=O) groups excluding carboxylic acids is 1. The first-order valence-electron chi connectivity index (χ1n) is 19.2. The van der Waals surface area contributed by atoms with Crippen LogP contribution in [0.3, 0.4) is 0 Å². The van der Waals surface area contributed by atoms with E-state index in [0.717, 1.165) is 63.9 Å². The average molecular weight is 817 g/mol. The van der Waals surface area contributed by atoms with E-state index < -0.39 is 12.0 Å². The average Bonchev–Trinajstić information content (AvgIpc) is 3.89. The lowest BCUT2D eigenvalue weighted by atomic mass is 9.94. The highest BCUT2D eigenvalue weighted by molar-refractivity contribution is 6.36. The molecule has 13 heteroatoms. The first kappa shape index (κ1) is 40.4. The molecule has 0 saturated carbocycles. The molecule has 1 amide bonds. The Morgan fingerprint density at radius 3 is 2.55 bits per heavy atom. The van der Waals surface area contributed by atoms with Crippen molar-refractivity contribution in [1.29, 1.82) is 10.7 Å². The summed E-state index contributed by atoms with van der Waals surface area (Å²) in [6.45, 7) is 2.86. The number of benzene rings is 4. The summed E-state index contributed by atoms with van der Waals surface area (Å²) in [6, 6.07) is 27.0. The molecule has 0 bridgehead atoms. The van der Waals surface area contributed by atoms with Crippen molar-refractivity contribution >= 4 is 47.0 Å². The predicted molar refractivity (Wildman–Crippen MR) is 226 cm³/mol. The summed E-state index contributed by atoms with van der Waals surface area (Å²) in [7, 11) is 0. The number of aliphatic carboxylic acids is 1. The largest absolute Gasteiger partial charge is 0.489 e. The molecule has 0 spiro atoms. The number of nitrogens with one attached hydrogen (secondary N) is 4. The van der Waals surface area contributed by atoms with Gasteiger partial charge in [0, 0.05) is 95.8 Å². The fraction of sp³-hybridized carbons (Fsp3) is 0.267. The van der Waals surface area contributed by atoms with Gasteiger partial charge in [-0.05, 0) is 72.3 Å². The van der Waals surface area contributed by atoms with E-state index in [4.69, 9.17) is 33.3 Å². The van der Waals surface area contributed by atoms with Crippen molar-refractivity contribution in [3.63, 3.8) is 0 Å². The molecule has 2 atom stereocenters. The summed E-state index contributed by atoms with van der Waals surface area (Å²) in [5.41, 5.74) is 8.57. The van der Waals surface area contributed by atoms with Crippen molar-refractivity contribution in [2.24, 2.45) is 0 Å². The molecular weight excluding hydrogens is 773 g/mol. The molecule has 7 rings (SSSR count). The molecule has 5 N–H and O–H groups in total. The van der Waals surface area contributed by atoms with Crippen LogP contribution in [0.15, 0.2) is 91.3 Å². The number of likely N-dealkylation sites (tertiary alicyclic amines) is 1. The number of nitrogens with zero attached hydrogens (tertiary/aromatic N) is 3. The third kappa shape index (κ3) is 9.50. The van der Waals surface area contributed by atoms with E-state index in [1.807, 2.05) is 53.4 Å². The van der Waals surface area contributed by atoms with Crippen LogP contribution >= 0.6 is 23.2 Å². The molecule has 2 fully saturated rings. The molecule has 5 aromatic rings. The SMILES string of the molecule is N#Cc1cncc(COc2cc(CNc3cccc(-c4cccc(-c5ccc(CNCC6CCC(=O)N6)cc5)c4Cl)c3C=N)c(Cl)cc2CN2CCCC2C(=O)O)c1. The lowest BCUT2D eigenvalue weighted by molar-refractivity contribution is -0.142. The Morgan fingerprint density at radius 1 is 1.00 bits per heavy atom. The Hall–Kier alpha value is -5.77. The summed E-state index contributed by atoms with van der Waals surface area (Å²) in [5.74, 6) is -0.190. The number of carboxylic acid groups (broad SMARTS) is 1. The number of aromatic nitrogens is 1. The number of pyridine rings is 1. The molecule has 58 heavy (non-hydrogen) atoms. The number of rotatable bonds is 16. The number of ether oxygens (including phenoxy) is 1. The maximum absolute atomic E-state index is 12.0. The van der Waals surface area contributed by atoms with Gasteiger partial charge in [-0.1, -0.05) is 77.8 Å². The van der Waals surface area contributed by atoms with Crippen LogP contribution in [0, 0.1) is 16.7 Å². The van der Waals surface area contributed by atoms with Crippen molar-refractivity contribution in [3.05, 3.63) is 135 Å². The van der Waals surface area contributed by atoms with Crippen LogP contribution in [-0.2, 0) is 35.8 Å². The minimum absolute atomic E-state index is 0.113. The monoisotopic (exact) mass is 815 g/mol. The number of carbonyl (C=O) groups is 2. The highest BCUT2D eigenvalue weighted by atomic mass is 35.5. The zero-order valence-corrected chi connectivity index (χ0v) is 33.2. The second-order valence-electron chi connectivity index (χ2n) is 14.6. The van der Waals surface area contributed by atoms with E-state index in [9.17, 15) is 20.0 Å². The van der Waals surface area contributed by atoms with Gasteiger partial charge in [-0.3, -0.25) is 19.5 Å². The standard InChI is InChI=1S/C45H43Cl2N7O4/c46-39-17-33(26-54-15-3-8-41(54)45(56)57)42(58-27-30-16-29(19-48)22-50-23-30)18-32(39)24-52-40-7-2-5-36(38(40)20-49)37-6-1-4-35(44(37)47)31-11-9-28(10-12-31)21-51-25-34-13-14-43(55)53-34/h1-2,4-7,9-12,16-18,20,22-23,34,41,49,51-52H,3,8,13-15,21,24-27H2,(H,53,55)(H,56,57). The molecule has 2 aliphatic heterocycles.